The van der Waals surface area contributed by atoms with Crippen LogP contribution in [0.5, 0.6) is 0 Å². The Morgan fingerprint density at radius 2 is 0.882 bits per heavy atom. The van der Waals surface area contributed by atoms with Gasteiger partial charge in [-0.25, -0.2) is 0 Å². The molecule has 0 unspecified atom stereocenters. The fourth-order valence-corrected chi connectivity index (χ4v) is 14.6. The third-order valence-corrected chi connectivity index (χ3v) is 18.4. The van der Waals surface area contributed by atoms with Crippen molar-refractivity contribution in [3.8, 4) is 17.1 Å². The molecular formula is C70H62B2N4. The highest BCUT2D eigenvalue weighted by Gasteiger charge is 2.50. The topological polar surface area (TPSA) is 18.0 Å². The van der Waals surface area contributed by atoms with E-state index in [2.05, 4.69) is 259 Å². The van der Waals surface area contributed by atoms with E-state index in [4.69, 9.17) is 0 Å². The molecule has 0 fully saturated rings. The lowest BCUT2D eigenvalue weighted by Crippen LogP contribution is -2.67. The van der Waals surface area contributed by atoms with E-state index in [-0.39, 0.29) is 35.1 Å². The van der Waals surface area contributed by atoms with Crippen LogP contribution in [-0.2, 0) is 21.7 Å². The first-order chi connectivity index (χ1) is 36.3. The number of anilines is 3. The normalized spacial score (nSPS) is 14.5. The second kappa shape index (κ2) is 14.2. The molecular weight excluding hydrogens is 918 g/mol. The van der Waals surface area contributed by atoms with E-state index in [0.29, 0.717) is 0 Å². The Balaban J connectivity index is 1.16. The molecule has 0 atom stereocenters. The molecule has 4 aliphatic rings. The maximum Gasteiger partial charge on any atom is 0.252 e. The number of fused-ring (bicyclic) bond motifs is 14. The number of aromatic nitrogens is 3. The van der Waals surface area contributed by atoms with Crippen LogP contribution in [-0.4, -0.2) is 27.1 Å². The van der Waals surface area contributed by atoms with Gasteiger partial charge in [-0.3, -0.25) is 0 Å². The highest BCUT2D eigenvalue weighted by atomic mass is 15.2. The van der Waals surface area contributed by atoms with Gasteiger partial charge >= 0.3 is 0 Å². The molecule has 0 spiro atoms. The van der Waals surface area contributed by atoms with Crippen molar-refractivity contribution in [3.05, 3.63) is 180 Å². The average Bonchev–Trinajstić information content (AvgIpc) is 4.24. The fourth-order valence-electron chi connectivity index (χ4n) is 14.6. The molecule has 0 saturated heterocycles. The van der Waals surface area contributed by atoms with Crippen LogP contribution in [0.2, 0.25) is 0 Å². The van der Waals surface area contributed by atoms with E-state index in [0.717, 1.165) is 0 Å². The number of hydrogen-bond acceptors (Lipinski definition) is 1. The molecule has 0 amide bonds. The summed E-state index contributed by atoms with van der Waals surface area (Å²) in [7, 11) is 0. The minimum atomic E-state index is -0.0747. The van der Waals surface area contributed by atoms with Gasteiger partial charge in [0.15, 0.2) is 0 Å². The summed E-state index contributed by atoms with van der Waals surface area (Å²) in [4.78, 5) is 2.65. The zero-order valence-corrected chi connectivity index (χ0v) is 46.0. The summed E-state index contributed by atoms with van der Waals surface area (Å²) in [5.74, 6) is 0. The third-order valence-electron chi connectivity index (χ3n) is 18.4. The second-order valence-corrected chi connectivity index (χ2v) is 27.0. The molecule has 0 bridgehead atoms. The second-order valence-electron chi connectivity index (χ2n) is 27.0. The first-order valence-corrected chi connectivity index (χ1v) is 27.8. The number of nitrogens with zero attached hydrogens (tertiary/aromatic N) is 4. The maximum absolute atomic E-state index is 2.80. The first kappa shape index (κ1) is 44.6. The van der Waals surface area contributed by atoms with E-state index in [1.165, 1.54) is 155 Å². The number of rotatable bonds is 2. The van der Waals surface area contributed by atoms with Gasteiger partial charge in [-0.05, 0) is 137 Å². The summed E-state index contributed by atoms with van der Waals surface area (Å²) < 4.78 is 8.07. The van der Waals surface area contributed by atoms with Crippen LogP contribution in [0.25, 0.3) is 82.5 Å². The van der Waals surface area contributed by atoms with Gasteiger partial charge in [-0.2, -0.15) is 0 Å². The predicted molar refractivity (Wildman–Crippen MR) is 328 cm³/mol. The Hall–Kier alpha value is -7.69. The van der Waals surface area contributed by atoms with Gasteiger partial charge in [0.05, 0.1) is 22.1 Å². The predicted octanol–water partition coefficient (Wildman–Crippen LogP) is 13.9. The summed E-state index contributed by atoms with van der Waals surface area (Å²) in [5, 5.41) is 7.94. The molecule has 4 aliphatic heterocycles. The Labute approximate surface area is 446 Å². The highest BCUT2D eigenvalue weighted by molar-refractivity contribution is 7.04. The van der Waals surface area contributed by atoms with Crippen LogP contribution in [0.15, 0.2) is 158 Å². The Morgan fingerprint density at radius 3 is 1.62 bits per heavy atom. The van der Waals surface area contributed by atoms with E-state index in [9.17, 15) is 0 Å². The fraction of sp³-hybridized carbons (Fsp3) is 0.229. The molecule has 0 saturated carbocycles. The molecule has 0 N–H and O–H groups in total. The van der Waals surface area contributed by atoms with Gasteiger partial charge in [0.25, 0.3) is 13.4 Å². The smallest absolute Gasteiger partial charge is 0.252 e. The minimum Gasteiger partial charge on any atom is -0.311 e. The van der Waals surface area contributed by atoms with Gasteiger partial charge in [-0.1, -0.05) is 180 Å². The molecule has 7 heterocycles. The zero-order chi connectivity index (χ0) is 52.0. The van der Waals surface area contributed by atoms with Crippen molar-refractivity contribution in [2.75, 3.05) is 4.90 Å². The first-order valence-electron chi connectivity index (χ1n) is 27.8. The third kappa shape index (κ3) is 5.57. The zero-order valence-electron chi connectivity index (χ0n) is 46.0. The van der Waals surface area contributed by atoms with E-state index >= 15 is 0 Å². The molecule has 76 heavy (non-hydrogen) atoms. The lowest BCUT2D eigenvalue weighted by molar-refractivity contribution is 0.590. The maximum atomic E-state index is 2.80. The van der Waals surface area contributed by atoms with Gasteiger partial charge in [0.2, 0.25) is 0 Å². The van der Waals surface area contributed by atoms with Crippen molar-refractivity contribution in [3.63, 3.8) is 0 Å². The highest BCUT2D eigenvalue weighted by Crippen LogP contribution is 2.49. The average molecular weight is 981 g/mol. The SMILES string of the molecule is CC(C)(C)c1ccc(N2c3ccc(C(C)(C)C)cc3B3c4c2cc2c5c4-n4c6c(cccc6c6c4c3cc3c4ccccc4n(-c4ccccc4)c36)B5c3cc(C(C)(C)C)cc4c5cc(C(C)(C)C)ccc5n-2c34)cc1. The molecule has 6 heteroatoms. The Morgan fingerprint density at radius 1 is 0.316 bits per heavy atom. The van der Waals surface area contributed by atoms with Crippen molar-refractivity contribution < 1.29 is 0 Å². The van der Waals surface area contributed by atoms with Gasteiger partial charge in [-0.15, -0.1) is 0 Å². The van der Waals surface area contributed by atoms with Crippen LogP contribution < -0.4 is 37.7 Å². The summed E-state index contributed by atoms with van der Waals surface area (Å²) >= 11 is 0. The number of hydrogen-bond donors (Lipinski definition) is 0. The molecule has 368 valence electrons. The van der Waals surface area contributed by atoms with Crippen LogP contribution in [0, 0.1) is 0 Å². The number of benzene rings is 9. The molecule has 0 radical (unpaired) electrons. The van der Waals surface area contributed by atoms with Crippen molar-refractivity contribution in [1.29, 1.82) is 0 Å². The van der Waals surface area contributed by atoms with Crippen LogP contribution in [0.1, 0.15) is 105 Å². The van der Waals surface area contributed by atoms with E-state index in [1.54, 1.807) is 0 Å². The Kier molecular flexibility index (Phi) is 8.34. The molecule has 12 aromatic rings. The minimum absolute atomic E-state index is 0.000918. The van der Waals surface area contributed by atoms with Gasteiger partial charge < -0.3 is 18.6 Å². The van der Waals surface area contributed by atoms with Gasteiger partial charge in [0, 0.05) is 77.5 Å². The van der Waals surface area contributed by atoms with Crippen molar-refractivity contribution in [2.45, 2.75) is 105 Å². The lowest BCUT2D eigenvalue weighted by Gasteiger charge is -2.45. The van der Waals surface area contributed by atoms with Gasteiger partial charge in [0.1, 0.15) is 0 Å². The van der Waals surface area contributed by atoms with Crippen LogP contribution >= 0.6 is 0 Å². The monoisotopic (exact) mass is 981 g/mol. The molecule has 16 rings (SSSR count). The largest absolute Gasteiger partial charge is 0.311 e. The van der Waals surface area contributed by atoms with E-state index in [1.807, 2.05) is 0 Å². The lowest BCUT2D eigenvalue weighted by atomic mass is 9.29. The standard InChI is InChI=1S/C70H62B2N4/c1-67(2,3)39-25-29-44(30-26-39)73-56-32-28-41(69(7,8)9)35-51(56)72-53-37-49-45-21-16-17-24-54(45)74(43-19-14-13-15-20-43)64(49)59-46-22-18-23-50-62(46)76(65(53)59)66-60(72)57(73)38-58-61(66)71(50)52-36-42(70(10,11)12)34-48-47-33-40(68(4,5)6)27-31-55(47)75(58)63(48)52/h13-38H,1-12H3. The Bertz CT molecular complexity index is 4610. The van der Waals surface area contributed by atoms with E-state index < -0.39 is 0 Å². The van der Waals surface area contributed by atoms with Crippen LogP contribution in [0.3, 0.4) is 0 Å². The molecule has 4 nitrogen and oxygen atoms in total. The summed E-state index contributed by atoms with van der Waals surface area (Å²) in [5.41, 5.74) is 29.1. The molecule has 9 aromatic carbocycles. The summed E-state index contributed by atoms with van der Waals surface area (Å²) in [6, 6.07) is 62.3. The molecule has 0 aliphatic carbocycles. The van der Waals surface area contributed by atoms with Crippen molar-refractivity contribution >= 4 is 129 Å². The summed E-state index contributed by atoms with van der Waals surface area (Å²) in [6.45, 7) is 28.3. The van der Waals surface area contributed by atoms with Crippen molar-refractivity contribution in [2.24, 2.45) is 0 Å². The summed E-state index contributed by atoms with van der Waals surface area (Å²) in [6.07, 6.45) is 0. The quantitative estimate of drug-likeness (QED) is 0.158. The van der Waals surface area contributed by atoms with Crippen LogP contribution in [0.4, 0.5) is 17.1 Å². The van der Waals surface area contributed by atoms with Crippen molar-refractivity contribution in [1.82, 2.24) is 13.7 Å². The molecule has 3 aromatic heterocycles. The number of para-hydroxylation sites is 3.